The zero-order valence-electron chi connectivity index (χ0n) is 14.0. The summed E-state index contributed by atoms with van der Waals surface area (Å²) in [6.07, 6.45) is 3.63. The van der Waals surface area contributed by atoms with Crippen LogP contribution in [0.5, 0.6) is 0 Å². The van der Waals surface area contributed by atoms with Crippen molar-refractivity contribution in [3.05, 3.63) is 11.1 Å². The van der Waals surface area contributed by atoms with Gasteiger partial charge in [0.15, 0.2) is 5.13 Å². The Morgan fingerprint density at radius 1 is 1.43 bits per heavy atom. The summed E-state index contributed by atoms with van der Waals surface area (Å²) in [6, 6.07) is -0.234. The Labute approximate surface area is 142 Å². The number of nitrogens with zero attached hydrogens (tertiary/aromatic N) is 2. The molecule has 2 amide bonds. The van der Waals surface area contributed by atoms with Crippen LogP contribution in [0.3, 0.4) is 0 Å². The second-order valence-electron chi connectivity index (χ2n) is 6.16. The third-order valence-electron chi connectivity index (χ3n) is 4.36. The number of anilines is 1. The van der Waals surface area contributed by atoms with E-state index in [2.05, 4.69) is 25.9 Å². The highest BCUT2D eigenvalue weighted by molar-refractivity contribution is 7.13. The smallest absolute Gasteiger partial charge is 0.314 e. The predicted molar refractivity (Wildman–Crippen MR) is 94.1 cm³/mol. The molecule has 0 spiro atoms. The van der Waals surface area contributed by atoms with Crippen LogP contribution in [0.4, 0.5) is 9.93 Å². The third kappa shape index (κ3) is 5.66. The number of hydrogen-bond donors (Lipinski definition) is 3. The number of carbonyl (C=O) groups excluding carboxylic acids is 1. The molecule has 6 nitrogen and oxygen atoms in total. The minimum absolute atomic E-state index is 0.189. The quantitative estimate of drug-likeness (QED) is 0.676. The van der Waals surface area contributed by atoms with E-state index in [1.807, 2.05) is 13.8 Å². The Morgan fingerprint density at radius 3 is 2.87 bits per heavy atom. The lowest BCUT2D eigenvalue weighted by atomic mass is 10.0. The first kappa shape index (κ1) is 18.0. The minimum atomic E-state index is -0.493. The highest BCUT2D eigenvalue weighted by atomic mass is 32.1. The van der Waals surface area contributed by atoms with Crippen LogP contribution in [0, 0.1) is 5.92 Å². The molecule has 0 bridgehead atoms. The fourth-order valence-corrected chi connectivity index (χ4v) is 3.42. The number of nitrogens with one attached hydrogen (secondary N) is 2. The van der Waals surface area contributed by atoms with Crippen LogP contribution in [-0.2, 0) is 6.42 Å². The van der Waals surface area contributed by atoms with Crippen LogP contribution in [0.15, 0.2) is 5.38 Å². The Hall–Kier alpha value is -1.34. The average Bonchev–Trinajstić information content (AvgIpc) is 3.22. The summed E-state index contributed by atoms with van der Waals surface area (Å²) in [6.45, 7) is 7.05. The Morgan fingerprint density at radius 2 is 2.17 bits per heavy atom. The van der Waals surface area contributed by atoms with Crippen molar-refractivity contribution in [1.82, 2.24) is 15.6 Å². The van der Waals surface area contributed by atoms with E-state index in [0.717, 1.165) is 36.8 Å². The first-order chi connectivity index (χ1) is 11.1. The molecule has 0 radical (unpaired) electrons. The lowest BCUT2D eigenvalue weighted by Crippen LogP contribution is -2.42. The first-order valence-electron chi connectivity index (χ1n) is 8.49. The van der Waals surface area contributed by atoms with Gasteiger partial charge >= 0.3 is 6.03 Å². The van der Waals surface area contributed by atoms with Crippen LogP contribution in [0.2, 0.25) is 0 Å². The molecular formula is C16H28N4O2S. The molecular weight excluding hydrogens is 312 g/mol. The first-order valence-corrected chi connectivity index (χ1v) is 9.37. The number of thiazole rings is 1. The van der Waals surface area contributed by atoms with E-state index in [4.69, 9.17) is 0 Å². The van der Waals surface area contributed by atoms with Crippen LogP contribution in [0.1, 0.15) is 38.8 Å². The third-order valence-corrected chi connectivity index (χ3v) is 5.31. The topological polar surface area (TPSA) is 77.5 Å². The molecule has 1 aromatic rings. The van der Waals surface area contributed by atoms with E-state index in [9.17, 15) is 9.90 Å². The van der Waals surface area contributed by atoms with Gasteiger partial charge in [0.1, 0.15) is 0 Å². The summed E-state index contributed by atoms with van der Waals surface area (Å²) in [5.74, 6) is 0.189. The van der Waals surface area contributed by atoms with Crippen molar-refractivity contribution in [2.75, 3.05) is 31.1 Å². The molecule has 2 atom stereocenters. The van der Waals surface area contributed by atoms with E-state index < -0.39 is 6.10 Å². The van der Waals surface area contributed by atoms with Crippen molar-refractivity contribution in [3.8, 4) is 0 Å². The maximum absolute atomic E-state index is 11.7. The fraction of sp³-hybridized carbons (Fsp3) is 0.750. The summed E-state index contributed by atoms with van der Waals surface area (Å²) < 4.78 is 0. The number of urea groups is 1. The van der Waals surface area contributed by atoms with Crippen molar-refractivity contribution in [1.29, 1.82) is 0 Å². The second kappa shape index (κ2) is 9.08. The number of aromatic nitrogens is 1. The molecule has 0 aliphatic carbocycles. The molecule has 1 aliphatic heterocycles. The summed E-state index contributed by atoms with van der Waals surface area (Å²) >= 11 is 1.68. The Bertz CT molecular complexity index is 488. The lowest BCUT2D eigenvalue weighted by Gasteiger charge is -2.17. The number of aliphatic hydroxyl groups excluding tert-OH is 1. The van der Waals surface area contributed by atoms with Crippen LogP contribution < -0.4 is 15.5 Å². The molecule has 1 saturated heterocycles. The molecule has 7 heteroatoms. The van der Waals surface area contributed by atoms with Gasteiger partial charge in [-0.1, -0.05) is 20.3 Å². The number of hydrogen-bond acceptors (Lipinski definition) is 5. The van der Waals surface area contributed by atoms with Gasteiger partial charge in [-0.3, -0.25) is 0 Å². The minimum Gasteiger partial charge on any atom is -0.391 e. The highest BCUT2D eigenvalue weighted by Crippen LogP contribution is 2.24. The summed E-state index contributed by atoms with van der Waals surface area (Å²) in [5, 5.41) is 18.5. The second-order valence-corrected chi connectivity index (χ2v) is 6.99. The van der Waals surface area contributed by atoms with Gasteiger partial charge < -0.3 is 20.6 Å². The SMILES string of the molecule is CCC(C)C(O)CNC(=O)NCCc1csc(N2CCCC2)n1. The largest absolute Gasteiger partial charge is 0.391 e. The predicted octanol–water partition coefficient (Wildman–Crippen LogP) is 1.99. The molecule has 2 rings (SSSR count). The highest BCUT2D eigenvalue weighted by Gasteiger charge is 2.16. The summed E-state index contributed by atoms with van der Waals surface area (Å²) in [4.78, 5) is 18.7. The maximum atomic E-state index is 11.7. The summed E-state index contributed by atoms with van der Waals surface area (Å²) in [5.41, 5.74) is 1.02. The van der Waals surface area contributed by atoms with Crippen molar-refractivity contribution in [3.63, 3.8) is 0 Å². The van der Waals surface area contributed by atoms with E-state index in [1.165, 1.54) is 12.8 Å². The average molecular weight is 340 g/mol. The van der Waals surface area contributed by atoms with Crippen LogP contribution >= 0.6 is 11.3 Å². The molecule has 2 unspecified atom stereocenters. The van der Waals surface area contributed by atoms with Gasteiger partial charge in [-0.2, -0.15) is 0 Å². The van der Waals surface area contributed by atoms with Crippen molar-refractivity contribution < 1.29 is 9.90 Å². The zero-order valence-corrected chi connectivity index (χ0v) is 14.9. The number of amides is 2. The van der Waals surface area contributed by atoms with Crippen molar-refractivity contribution in [2.24, 2.45) is 5.92 Å². The fourth-order valence-electron chi connectivity index (χ4n) is 2.50. The maximum Gasteiger partial charge on any atom is 0.314 e. The van der Waals surface area contributed by atoms with Crippen LogP contribution in [0.25, 0.3) is 0 Å². The lowest BCUT2D eigenvalue weighted by molar-refractivity contribution is 0.114. The van der Waals surface area contributed by atoms with Crippen molar-refractivity contribution >= 4 is 22.5 Å². The van der Waals surface area contributed by atoms with Gasteiger partial charge in [0.25, 0.3) is 0 Å². The van der Waals surface area contributed by atoms with Gasteiger partial charge in [-0.25, -0.2) is 9.78 Å². The molecule has 23 heavy (non-hydrogen) atoms. The van der Waals surface area contributed by atoms with E-state index in [0.29, 0.717) is 6.54 Å². The molecule has 0 aromatic carbocycles. The molecule has 130 valence electrons. The number of carbonyl (C=O) groups is 1. The van der Waals surface area contributed by atoms with Gasteiger partial charge in [0.05, 0.1) is 11.8 Å². The van der Waals surface area contributed by atoms with Gasteiger partial charge in [0.2, 0.25) is 0 Å². The molecule has 1 fully saturated rings. The number of rotatable bonds is 8. The monoisotopic (exact) mass is 340 g/mol. The van der Waals surface area contributed by atoms with Gasteiger partial charge in [-0.15, -0.1) is 11.3 Å². The van der Waals surface area contributed by atoms with Crippen molar-refractivity contribution in [2.45, 2.75) is 45.6 Å². The molecule has 3 N–H and O–H groups in total. The Balaban J connectivity index is 1.63. The van der Waals surface area contributed by atoms with E-state index in [1.54, 1.807) is 11.3 Å². The molecule has 1 aliphatic rings. The van der Waals surface area contributed by atoms with Gasteiger partial charge in [-0.05, 0) is 18.8 Å². The van der Waals surface area contributed by atoms with E-state index >= 15 is 0 Å². The molecule has 1 aromatic heterocycles. The Kier molecular flexibility index (Phi) is 7.11. The van der Waals surface area contributed by atoms with Crippen LogP contribution in [-0.4, -0.2) is 48.4 Å². The number of aliphatic hydroxyl groups is 1. The molecule has 0 saturated carbocycles. The van der Waals surface area contributed by atoms with E-state index in [-0.39, 0.29) is 18.5 Å². The van der Waals surface area contributed by atoms with Gasteiger partial charge in [0, 0.05) is 38.0 Å². The normalized spacial score (nSPS) is 17.1. The standard InChI is InChI=1S/C16H28N4O2S/c1-3-12(2)14(21)10-18-15(22)17-7-6-13-11-23-16(19-13)20-8-4-5-9-20/h11-12,14,21H,3-10H2,1-2H3,(H2,17,18,22). The zero-order chi connectivity index (χ0) is 16.7. The summed E-state index contributed by atoms with van der Waals surface area (Å²) in [7, 11) is 0. The molecule has 2 heterocycles.